The number of benzene rings is 3. The molecule has 180 valence electrons. The number of alkyl halides is 3. The van der Waals surface area contributed by atoms with E-state index in [0.717, 1.165) is 25.0 Å². The minimum Gasteiger partial charge on any atom is -0.507 e. The van der Waals surface area contributed by atoms with Crippen molar-refractivity contribution in [3.63, 3.8) is 0 Å². The first-order chi connectivity index (χ1) is 16.6. The van der Waals surface area contributed by atoms with Gasteiger partial charge in [-0.25, -0.2) is 0 Å². The molecule has 0 atom stereocenters. The fourth-order valence-corrected chi connectivity index (χ4v) is 3.17. The van der Waals surface area contributed by atoms with Gasteiger partial charge in [0.1, 0.15) is 23.1 Å². The van der Waals surface area contributed by atoms with E-state index in [0.29, 0.717) is 0 Å². The maximum Gasteiger partial charge on any atom is 0.416 e. The molecule has 4 N–H and O–H groups in total. The van der Waals surface area contributed by atoms with Gasteiger partial charge in [0.25, 0.3) is 11.8 Å². The molecule has 1 saturated carbocycles. The summed E-state index contributed by atoms with van der Waals surface area (Å²) in [7, 11) is 0. The predicted octanol–water partition coefficient (Wildman–Crippen LogP) is 5.10. The highest BCUT2D eigenvalue weighted by molar-refractivity contribution is 6.06. The Morgan fingerprint density at radius 1 is 1.00 bits per heavy atom. The van der Waals surface area contributed by atoms with Crippen molar-refractivity contribution in [2.75, 3.05) is 5.32 Å². The lowest BCUT2D eigenvalue weighted by Crippen LogP contribution is -2.16. The Kier molecular flexibility index (Phi) is 6.46. The van der Waals surface area contributed by atoms with Gasteiger partial charge in [0.2, 0.25) is 0 Å². The molecule has 2 amide bonds. The second-order valence-electron chi connectivity index (χ2n) is 7.95. The number of phenolic OH excluding ortho intramolecular Hbond substituents is 1. The molecule has 0 unspecified atom stereocenters. The van der Waals surface area contributed by atoms with Crippen molar-refractivity contribution in [1.29, 1.82) is 0 Å². The van der Waals surface area contributed by atoms with E-state index in [9.17, 15) is 27.9 Å². The molecule has 3 aromatic carbocycles. The van der Waals surface area contributed by atoms with Gasteiger partial charge in [0.05, 0.1) is 11.1 Å². The van der Waals surface area contributed by atoms with E-state index >= 15 is 0 Å². The van der Waals surface area contributed by atoms with E-state index < -0.39 is 17.6 Å². The Hall–Kier alpha value is -4.34. The van der Waals surface area contributed by atoms with Crippen molar-refractivity contribution in [2.45, 2.75) is 19.0 Å². The van der Waals surface area contributed by atoms with Crippen molar-refractivity contribution in [3.8, 4) is 17.2 Å². The molecule has 35 heavy (non-hydrogen) atoms. The standard InChI is InChI=1S/C25H20F3N3O4/c26-25(27,28)16-6-8-17(9-7-16)30-24(34)15-2-1-3-18(12-15)35-19-10-11-20(21(32)13-19)22(29)31-23(33)14-4-5-14/h1-3,6-14,32H,4-5H2,(H,30,34)(H2,29,31,33). The van der Waals surface area contributed by atoms with Gasteiger partial charge >= 0.3 is 6.18 Å². The van der Waals surface area contributed by atoms with E-state index in [1.165, 1.54) is 42.5 Å². The van der Waals surface area contributed by atoms with E-state index in [4.69, 9.17) is 10.5 Å². The molecule has 1 aliphatic carbocycles. The zero-order valence-electron chi connectivity index (χ0n) is 18.2. The Morgan fingerprint density at radius 2 is 1.69 bits per heavy atom. The van der Waals surface area contributed by atoms with Crippen LogP contribution in [0.25, 0.3) is 0 Å². The lowest BCUT2D eigenvalue weighted by molar-refractivity contribution is -0.137. The molecule has 0 heterocycles. The minimum absolute atomic E-state index is 0.0899. The van der Waals surface area contributed by atoms with Crippen LogP contribution in [0.5, 0.6) is 17.2 Å². The first kappa shape index (κ1) is 23.8. The molecule has 1 aliphatic rings. The van der Waals surface area contributed by atoms with Crippen molar-refractivity contribution in [3.05, 3.63) is 83.4 Å². The van der Waals surface area contributed by atoms with Gasteiger partial charge in [-0.1, -0.05) is 6.07 Å². The number of nitrogens with zero attached hydrogens (tertiary/aromatic N) is 1. The third-order valence-corrected chi connectivity index (χ3v) is 5.20. The third-order valence-electron chi connectivity index (χ3n) is 5.20. The number of carbonyl (C=O) groups excluding carboxylic acids is 2. The van der Waals surface area contributed by atoms with Crippen LogP contribution in [0.4, 0.5) is 18.9 Å². The summed E-state index contributed by atoms with van der Waals surface area (Å²) in [6.45, 7) is 0. The van der Waals surface area contributed by atoms with Crippen molar-refractivity contribution in [1.82, 2.24) is 0 Å². The number of amides is 2. The van der Waals surface area contributed by atoms with Gasteiger partial charge in [0, 0.05) is 23.2 Å². The summed E-state index contributed by atoms with van der Waals surface area (Å²) in [6.07, 6.45) is -2.89. The molecule has 10 heteroatoms. The number of nitrogens with one attached hydrogen (secondary N) is 1. The number of amidine groups is 1. The van der Waals surface area contributed by atoms with Gasteiger partial charge < -0.3 is 20.9 Å². The molecule has 0 bridgehead atoms. The van der Waals surface area contributed by atoms with Crippen LogP contribution < -0.4 is 15.8 Å². The van der Waals surface area contributed by atoms with Crippen LogP contribution in [0.1, 0.15) is 34.3 Å². The molecule has 7 nitrogen and oxygen atoms in total. The van der Waals surface area contributed by atoms with Gasteiger partial charge in [-0.15, -0.1) is 0 Å². The number of aromatic hydroxyl groups is 1. The minimum atomic E-state index is -4.46. The smallest absolute Gasteiger partial charge is 0.416 e. The Balaban J connectivity index is 1.44. The van der Waals surface area contributed by atoms with Crippen LogP contribution in [-0.2, 0) is 11.0 Å². The summed E-state index contributed by atoms with van der Waals surface area (Å²) in [5.41, 5.74) is 5.62. The van der Waals surface area contributed by atoms with Crippen LogP contribution >= 0.6 is 0 Å². The summed E-state index contributed by atoms with van der Waals surface area (Å²) >= 11 is 0. The number of anilines is 1. The molecule has 0 radical (unpaired) electrons. The summed E-state index contributed by atoms with van der Waals surface area (Å²) in [5.74, 6) is -0.750. The van der Waals surface area contributed by atoms with E-state index in [1.54, 1.807) is 12.1 Å². The molecular weight excluding hydrogens is 463 g/mol. The number of ether oxygens (including phenoxy) is 1. The zero-order valence-corrected chi connectivity index (χ0v) is 18.2. The fourth-order valence-electron chi connectivity index (χ4n) is 3.17. The van der Waals surface area contributed by atoms with E-state index in [2.05, 4.69) is 10.3 Å². The zero-order chi connectivity index (χ0) is 25.2. The first-order valence-electron chi connectivity index (χ1n) is 10.6. The number of hydrogen-bond acceptors (Lipinski definition) is 4. The van der Waals surface area contributed by atoms with Crippen LogP contribution in [-0.4, -0.2) is 22.8 Å². The topological polar surface area (TPSA) is 114 Å². The average Bonchev–Trinajstić information content (AvgIpc) is 3.65. The number of hydrogen-bond donors (Lipinski definition) is 3. The van der Waals surface area contributed by atoms with Crippen LogP contribution in [0.3, 0.4) is 0 Å². The lowest BCUT2D eigenvalue weighted by Gasteiger charge is -2.11. The summed E-state index contributed by atoms with van der Waals surface area (Å²) < 4.78 is 43.8. The molecule has 1 fully saturated rings. The summed E-state index contributed by atoms with van der Waals surface area (Å²) in [4.78, 5) is 28.2. The number of phenols is 1. The Labute approximate surface area is 198 Å². The molecule has 4 rings (SSSR count). The monoisotopic (exact) mass is 483 g/mol. The number of halogens is 3. The normalized spacial score (nSPS) is 13.9. The number of rotatable bonds is 6. The van der Waals surface area contributed by atoms with E-state index in [-0.39, 0.29) is 51.7 Å². The molecule has 0 saturated heterocycles. The van der Waals surface area contributed by atoms with Crippen molar-refractivity contribution < 1.29 is 32.6 Å². The van der Waals surface area contributed by atoms with E-state index in [1.807, 2.05) is 0 Å². The summed E-state index contributed by atoms with van der Waals surface area (Å²) in [5, 5.41) is 12.8. The molecule has 3 aromatic rings. The molecule has 0 aromatic heterocycles. The van der Waals surface area contributed by atoms with Gasteiger partial charge in [0.15, 0.2) is 0 Å². The number of carbonyl (C=O) groups is 2. The van der Waals surface area contributed by atoms with Gasteiger partial charge in [-0.2, -0.15) is 18.2 Å². The van der Waals surface area contributed by atoms with Crippen molar-refractivity contribution in [2.24, 2.45) is 16.6 Å². The molecular formula is C25H20F3N3O4. The largest absolute Gasteiger partial charge is 0.507 e. The highest BCUT2D eigenvalue weighted by Crippen LogP contribution is 2.32. The second kappa shape index (κ2) is 9.49. The number of aliphatic imine (C=N–C) groups is 1. The molecule has 0 aliphatic heterocycles. The Bertz CT molecular complexity index is 1300. The quantitative estimate of drug-likeness (QED) is 0.334. The average molecular weight is 483 g/mol. The summed E-state index contributed by atoms with van der Waals surface area (Å²) in [6, 6.07) is 14.5. The fraction of sp³-hybridized carbons (Fsp3) is 0.160. The Morgan fingerprint density at radius 3 is 2.31 bits per heavy atom. The SMILES string of the molecule is NC(=NC(=O)C1CC1)c1ccc(Oc2cccc(C(=O)Nc3ccc(C(F)(F)F)cc3)c2)cc1O. The lowest BCUT2D eigenvalue weighted by atomic mass is 10.1. The number of nitrogens with two attached hydrogens (primary N) is 1. The maximum absolute atomic E-state index is 12.7. The third kappa shape index (κ3) is 5.97. The van der Waals surface area contributed by atoms with Crippen LogP contribution in [0.15, 0.2) is 71.7 Å². The highest BCUT2D eigenvalue weighted by atomic mass is 19.4. The highest BCUT2D eigenvalue weighted by Gasteiger charge is 2.30. The predicted molar refractivity (Wildman–Crippen MR) is 122 cm³/mol. The first-order valence-corrected chi connectivity index (χ1v) is 10.6. The molecule has 0 spiro atoms. The van der Waals surface area contributed by atoms with Crippen LogP contribution in [0.2, 0.25) is 0 Å². The van der Waals surface area contributed by atoms with Crippen LogP contribution in [0, 0.1) is 5.92 Å². The van der Waals surface area contributed by atoms with Gasteiger partial charge in [-0.3, -0.25) is 9.59 Å². The van der Waals surface area contributed by atoms with Crippen molar-refractivity contribution >= 4 is 23.3 Å². The second-order valence-corrected chi connectivity index (χ2v) is 7.95. The van der Waals surface area contributed by atoms with Gasteiger partial charge in [-0.05, 0) is 67.4 Å². The maximum atomic E-state index is 12.7.